The Kier molecular flexibility index (Phi) is 6.25. The molecule has 0 aromatic heterocycles. The van der Waals surface area contributed by atoms with Gasteiger partial charge in [-0.3, -0.25) is 0 Å². The molecule has 9 atom stereocenters. The number of methoxy groups -OCH3 is 1. The molecule has 1 aromatic rings. The fourth-order valence-electron chi connectivity index (χ4n) is 9.27. The quantitative estimate of drug-likeness (QED) is 0.577. The number of nitrogens with zero attached hydrogens (tertiary/aromatic N) is 1. The van der Waals surface area contributed by atoms with Gasteiger partial charge in [0.05, 0.1) is 23.8 Å². The van der Waals surface area contributed by atoms with E-state index in [1.54, 1.807) is 7.11 Å². The van der Waals surface area contributed by atoms with Gasteiger partial charge in [-0.15, -0.1) is 0 Å². The van der Waals surface area contributed by atoms with E-state index in [0.717, 1.165) is 47.8 Å². The van der Waals surface area contributed by atoms with Crippen LogP contribution in [0.25, 0.3) is 0 Å². The minimum absolute atomic E-state index is 0.415. The zero-order valence-corrected chi connectivity index (χ0v) is 20.7. The third-order valence-electron chi connectivity index (χ3n) is 10.6. The van der Waals surface area contributed by atoms with Crippen molar-refractivity contribution in [1.29, 1.82) is 5.26 Å². The number of anilines is 1. The van der Waals surface area contributed by atoms with Crippen LogP contribution in [0, 0.1) is 52.3 Å². The smallest absolute Gasteiger partial charge is 0.0992 e. The van der Waals surface area contributed by atoms with Crippen molar-refractivity contribution >= 4 is 5.69 Å². The SMILES string of the molecule is COC[C@@]1(O)CC[C@H]2[C@H](CC[C@H]3C4CC[C@H]([C@H](C)Nc5cccc(C#N)c5)[C@@]4(C)CC[C@H]23)C1. The van der Waals surface area contributed by atoms with Gasteiger partial charge in [-0.1, -0.05) is 13.0 Å². The van der Waals surface area contributed by atoms with E-state index in [1.807, 2.05) is 18.2 Å². The first-order valence-corrected chi connectivity index (χ1v) is 13.3. The average Bonchev–Trinajstić information content (AvgIpc) is 3.16. The Bertz CT molecular complexity index is 896. The predicted molar refractivity (Wildman–Crippen MR) is 132 cm³/mol. The molecule has 4 heteroatoms. The van der Waals surface area contributed by atoms with Crippen molar-refractivity contribution in [1.82, 2.24) is 0 Å². The number of ether oxygens (including phenoxy) is 1. The summed E-state index contributed by atoms with van der Waals surface area (Å²) < 4.78 is 5.36. The second-order valence-electron chi connectivity index (χ2n) is 12.2. The predicted octanol–water partition coefficient (Wildman–Crippen LogP) is 6.00. The Morgan fingerprint density at radius 3 is 2.73 bits per heavy atom. The first-order valence-electron chi connectivity index (χ1n) is 13.3. The second kappa shape index (κ2) is 8.90. The van der Waals surface area contributed by atoms with Gasteiger partial charge in [-0.05, 0) is 124 Å². The van der Waals surface area contributed by atoms with Crippen LogP contribution in [0.4, 0.5) is 5.69 Å². The molecule has 0 heterocycles. The van der Waals surface area contributed by atoms with E-state index in [9.17, 15) is 10.4 Å². The van der Waals surface area contributed by atoms with Gasteiger partial charge >= 0.3 is 0 Å². The van der Waals surface area contributed by atoms with Crippen LogP contribution < -0.4 is 5.32 Å². The van der Waals surface area contributed by atoms with Crippen LogP contribution in [0.15, 0.2) is 24.3 Å². The molecule has 1 unspecified atom stereocenters. The molecule has 4 saturated carbocycles. The van der Waals surface area contributed by atoms with Crippen LogP contribution in [-0.2, 0) is 4.74 Å². The summed E-state index contributed by atoms with van der Waals surface area (Å²) in [5.41, 5.74) is 1.63. The molecule has 2 N–H and O–H groups in total. The molecule has 0 aliphatic heterocycles. The molecule has 4 aliphatic rings. The molecule has 4 fully saturated rings. The lowest BCUT2D eigenvalue weighted by atomic mass is 9.48. The van der Waals surface area contributed by atoms with Crippen molar-refractivity contribution in [2.45, 2.75) is 83.3 Å². The van der Waals surface area contributed by atoms with Crippen molar-refractivity contribution in [3.63, 3.8) is 0 Å². The van der Waals surface area contributed by atoms with E-state index in [1.165, 1.54) is 44.9 Å². The van der Waals surface area contributed by atoms with Crippen molar-refractivity contribution in [2.75, 3.05) is 19.0 Å². The zero-order valence-electron chi connectivity index (χ0n) is 20.7. The molecule has 0 spiro atoms. The molecule has 4 nitrogen and oxygen atoms in total. The molecule has 5 rings (SSSR count). The van der Waals surface area contributed by atoms with Crippen LogP contribution in [0.2, 0.25) is 0 Å². The van der Waals surface area contributed by atoms with Gasteiger partial charge < -0.3 is 15.2 Å². The van der Waals surface area contributed by atoms with Crippen molar-refractivity contribution in [3.05, 3.63) is 29.8 Å². The number of nitrogens with one attached hydrogen (secondary N) is 1. The fourth-order valence-corrected chi connectivity index (χ4v) is 9.27. The van der Waals surface area contributed by atoms with Crippen LogP contribution in [-0.4, -0.2) is 30.5 Å². The standard InChI is InChI=1S/C29H42N2O2/c1-19(31-22-6-4-5-20(15-22)17-30)26-9-10-27-25-8-7-21-16-29(32,18-33-3)14-12-23(21)24(25)11-13-28(26,27)2/h4-6,15,19,21,23-27,31-32H,7-14,16,18H2,1-3H3/t19-,21+,23-,24+,25+,26+,27?,28+,29+/m0/s1. The van der Waals surface area contributed by atoms with Crippen molar-refractivity contribution in [2.24, 2.45) is 40.9 Å². The lowest BCUT2D eigenvalue weighted by Crippen LogP contribution is -2.52. The summed E-state index contributed by atoms with van der Waals surface area (Å²) in [4.78, 5) is 0. The van der Waals surface area contributed by atoms with E-state index in [-0.39, 0.29) is 0 Å². The van der Waals surface area contributed by atoms with Gasteiger partial charge in [-0.2, -0.15) is 5.26 Å². The molecule has 33 heavy (non-hydrogen) atoms. The lowest BCUT2D eigenvalue weighted by molar-refractivity contribution is -0.124. The number of hydrogen-bond donors (Lipinski definition) is 2. The van der Waals surface area contributed by atoms with E-state index in [4.69, 9.17) is 4.74 Å². The van der Waals surface area contributed by atoms with Gasteiger partial charge in [0.1, 0.15) is 0 Å². The summed E-state index contributed by atoms with van der Waals surface area (Å²) >= 11 is 0. The summed E-state index contributed by atoms with van der Waals surface area (Å²) in [6.45, 7) is 5.45. The van der Waals surface area contributed by atoms with E-state index < -0.39 is 5.60 Å². The summed E-state index contributed by atoms with van der Waals surface area (Å²) in [7, 11) is 1.72. The van der Waals surface area contributed by atoms with Gasteiger partial charge in [0.2, 0.25) is 0 Å². The summed E-state index contributed by atoms with van der Waals surface area (Å²) in [6, 6.07) is 10.6. The minimum atomic E-state index is -0.589. The number of hydrogen-bond acceptors (Lipinski definition) is 4. The molecule has 0 saturated heterocycles. The zero-order chi connectivity index (χ0) is 23.2. The Labute approximate surface area is 200 Å². The van der Waals surface area contributed by atoms with Gasteiger partial charge in [0, 0.05) is 18.8 Å². The Morgan fingerprint density at radius 1 is 1.12 bits per heavy atom. The monoisotopic (exact) mass is 450 g/mol. The summed E-state index contributed by atoms with van der Waals surface area (Å²) in [5, 5.41) is 24.0. The topological polar surface area (TPSA) is 65.3 Å². The van der Waals surface area contributed by atoms with Gasteiger partial charge in [-0.25, -0.2) is 0 Å². The van der Waals surface area contributed by atoms with Gasteiger partial charge in [0.25, 0.3) is 0 Å². The number of fused-ring (bicyclic) bond motifs is 5. The highest BCUT2D eigenvalue weighted by atomic mass is 16.5. The molecular weight excluding hydrogens is 408 g/mol. The third kappa shape index (κ3) is 4.10. The normalized spacial score (nSPS) is 43.0. The van der Waals surface area contributed by atoms with Crippen molar-refractivity contribution < 1.29 is 9.84 Å². The Balaban J connectivity index is 1.28. The molecular formula is C29H42N2O2. The first kappa shape index (κ1) is 23.2. The average molecular weight is 451 g/mol. The van der Waals surface area contributed by atoms with Crippen molar-refractivity contribution in [3.8, 4) is 6.07 Å². The Hall–Kier alpha value is -1.57. The first-order chi connectivity index (χ1) is 15.9. The number of aliphatic hydroxyl groups is 1. The highest BCUT2D eigenvalue weighted by Crippen LogP contribution is 2.65. The van der Waals surface area contributed by atoms with E-state index in [2.05, 4.69) is 31.3 Å². The molecule has 0 radical (unpaired) electrons. The minimum Gasteiger partial charge on any atom is -0.387 e. The molecule has 4 aliphatic carbocycles. The Morgan fingerprint density at radius 2 is 1.94 bits per heavy atom. The number of benzene rings is 1. The number of rotatable bonds is 5. The van der Waals surface area contributed by atoms with Crippen LogP contribution >= 0.6 is 0 Å². The summed E-state index contributed by atoms with van der Waals surface area (Å²) in [6.07, 6.45) is 11.1. The fraction of sp³-hybridized carbons (Fsp3) is 0.759. The third-order valence-corrected chi connectivity index (χ3v) is 10.6. The van der Waals surface area contributed by atoms with E-state index >= 15 is 0 Å². The highest BCUT2D eigenvalue weighted by molar-refractivity contribution is 5.49. The molecule has 0 bridgehead atoms. The maximum absolute atomic E-state index is 11.0. The molecule has 180 valence electrons. The summed E-state index contributed by atoms with van der Waals surface area (Å²) in [5.74, 6) is 4.77. The van der Waals surface area contributed by atoms with E-state index in [0.29, 0.717) is 29.9 Å². The highest BCUT2D eigenvalue weighted by Gasteiger charge is 2.58. The lowest BCUT2D eigenvalue weighted by Gasteiger charge is -2.57. The largest absolute Gasteiger partial charge is 0.387 e. The van der Waals surface area contributed by atoms with Crippen LogP contribution in [0.3, 0.4) is 0 Å². The second-order valence-corrected chi connectivity index (χ2v) is 12.2. The molecule has 1 aromatic carbocycles. The maximum atomic E-state index is 11.0. The number of nitriles is 1. The maximum Gasteiger partial charge on any atom is 0.0992 e. The van der Waals surface area contributed by atoms with Crippen LogP contribution in [0.5, 0.6) is 0 Å². The van der Waals surface area contributed by atoms with Crippen LogP contribution in [0.1, 0.15) is 77.2 Å². The molecule has 0 amide bonds. The van der Waals surface area contributed by atoms with Gasteiger partial charge in [0.15, 0.2) is 0 Å².